The summed E-state index contributed by atoms with van der Waals surface area (Å²) in [6.07, 6.45) is 2.29. The van der Waals surface area contributed by atoms with Gasteiger partial charge in [0.15, 0.2) is 5.60 Å². The summed E-state index contributed by atoms with van der Waals surface area (Å²) in [7, 11) is 1.57. The molecule has 0 aromatic heterocycles. The standard InChI is InChI=1S/C17H23NO6/c1-8(9(2)24-3)4-10-5-11-7-12(19)14(16(18)22)15(21)17(11,23)13(20)6-10/h6,10-11,19-20,23H,4-5,7H2,1-3H3,(H2,18,22)/b9-8-/t10-,11-,17-/m0/s1. The third kappa shape index (κ3) is 2.80. The summed E-state index contributed by atoms with van der Waals surface area (Å²) < 4.78 is 5.18. The number of primary amides is 1. The lowest BCUT2D eigenvalue weighted by molar-refractivity contribution is -0.144. The van der Waals surface area contributed by atoms with Crippen LogP contribution in [0.25, 0.3) is 0 Å². The lowest BCUT2D eigenvalue weighted by atomic mass is 9.65. The van der Waals surface area contributed by atoms with Crippen molar-refractivity contribution in [3.8, 4) is 0 Å². The molecule has 2 rings (SSSR count). The molecule has 0 unspecified atom stereocenters. The average molecular weight is 337 g/mol. The summed E-state index contributed by atoms with van der Waals surface area (Å²) in [6, 6.07) is 0. The monoisotopic (exact) mass is 337 g/mol. The van der Waals surface area contributed by atoms with Crippen molar-refractivity contribution in [2.75, 3.05) is 7.11 Å². The number of aliphatic hydroxyl groups excluding tert-OH is 2. The number of hydrogen-bond acceptors (Lipinski definition) is 6. The van der Waals surface area contributed by atoms with Crippen LogP contribution in [-0.4, -0.2) is 39.7 Å². The Morgan fingerprint density at radius 3 is 2.58 bits per heavy atom. The van der Waals surface area contributed by atoms with Crippen molar-refractivity contribution in [1.29, 1.82) is 0 Å². The van der Waals surface area contributed by atoms with Gasteiger partial charge in [0.25, 0.3) is 5.91 Å². The number of methoxy groups -OCH3 is 1. The molecule has 1 amide bonds. The van der Waals surface area contributed by atoms with E-state index in [9.17, 15) is 24.9 Å². The zero-order valence-corrected chi connectivity index (χ0v) is 14.0. The summed E-state index contributed by atoms with van der Waals surface area (Å²) in [5.74, 6) is -3.18. The van der Waals surface area contributed by atoms with E-state index in [0.717, 1.165) is 11.3 Å². The van der Waals surface area contributed by atoms with Gasteiger partial charge in [0.05, 0.1) is 12.9 Å². The van der Waals surface area contributed by atoms with Gasteiger partial charge in [-0.1, -0.05) is 0 Å². The van der Waals surface area contributed by atoms with Crippen LogP contribution in [0.3, 0.4) is 0 Å². The number of aliphatic hydroxyl groups is 3. The Morgan fingerprint density at radius 1 is 1.42 bits per heavy atom. The minimum Gasteiger partial charge on any atom is -0.511 e. The van der Waals surface area contributed by atoms with Crippen LogP contribution in [-0.2, 0) is 14.3 Å². The van der Waals surface area contributed by atoms with E-state index in [1.165, 1.54) is 6.08 Å². The number of fused-ring (bicyclic) bond motifs is 1. The predicted molar refractivity (Wildman–Crippen MR) is 85.7 cm³/mol. The Hall–Kier alpha value is -2.28. The molecule has 132 valence electrons. The Kier molecular flexibility index (Phi) is 4.75. The lowest BCUT2D eigenvalue weighted by Gasteiger charge is -2.42. The van der Waals surface area contributed by atoms with E-state index in [2.05, 4.69) is 0 Å². The molecule has 2 aliphatic carbocycles. The van der Waals surface area contributed by atoms with Gasteiger partial charge in [-0.15, -0.1) is 0 Å². The molecule has 0 aromatic carbocycles. The van der Waals surface area contributed by atoms with E-state index in [-0.39, 0.29) is 12.3 Å². The second-order valence-corrected chi connectivity index (χ2v) is 6.47. The smallest absolute Gasteiger partial charge is 0.255 e. The summed E-state index contributed by atoms with van der Waals surface area (Å²) >= 11 is 0. The molecule has 7 nitrogen and oxygen atoms in total. The van der Waals surface area contributed by atoms with Crippen molar-refractivity contribution >= 4 is 11.7 Å². The van der Waals surface area contributed by atoms with Gasteiger partial charge in [-0.25, -0.2) is 0 Å². The van der Waals surface area contributed by atoms with Crippen molar-refractivity contribution in [3.05, 3.63) is 34.5 Å². The summed E-state index contributed by atoms with van der Waals surface area (Å²) in [6.45, 7) is 3.73. The normalized spacial score (nSPS) is 31.2. The zero-order valence-electron chi connectivity index (χ0n) is 14.0. The minimum atomic E-state index is -2.21. The molecular weight excluding hydrogens is 314 g/mol. The molecule has 7 heteroatoms. The SMILES string of the molecule is CO/C(C)=C(/C)C[C@@H]1C=C(O)[C@]2(O)C(=O)C(C(N)=O)=C(O)C[C@@H]2C1. The van der Waals surface area contributed by atoms with Gasteiger partial charge in [-0.3, -0.25) is 9.59 Å². The Bertz CT molecular complexity index is 675. The summed E-state index contributed by atoms with van der Waals surface area (Å²) in [5.41, 5.74) is 3.24. The van der Waals surface area contributed by atoms with Crippen LogP contribution in [0, 0.1) is 11.8 Å². The number of rotatable bonds is 4. The van der Waals surface area contributed by atoms with E-state index in [1.54, 1.807) is 7.11 Å². The first kappa shape index (κ1) is 18.1. The molecule has 0 fully saturated rings. The van der Waals surface area contributed by atoms with Crippen LogP contribution in [0.4, 0.5) is 0 Å². The number of allylic oxidation sites excluding steroid dienone is 4. The first-order chi connectivity index (χ1) is 11.1. The number of carbonyl (C=O) groups is 2. The molecule has 0 aliphatic heterocycles. The van der Waals surface area contributed by atoms with Crippen LogP contribution in [0.2, 0.25) is 0 Å². The number of amides is 1. The van der Waals surface area contributed by atoms with Crippen LogP contribution >= 0.6 is 0 Å². The topological polar surface area (TPSA) is 130 Å². The minimum absolute atomic E-state index is 0.0963. The molecular formula is C17H23NO6. The second-order valence-electron chi connectivity index (χ2n) is 6.47. The molecule has 2 aliphatic rings. The van der Waals surface area contributed by atoms with Crippen LogP contribution in [0.15, 0.2) is 34.5 Å². The molecule has 3 atom stereocenters. The van der Waals surface area contributed by atoms with Crippen molar-refractivity contribution in [1.82, 2.24) is 0 Å². The fourth-order valence-electron chi connectivity index (χ4n) is 3.46. The van der Waals surface area contributed by atoms with E-state index < -0.39 is 40.3 Å². The lowest BCUT2D eigenvalue weighted by Crippen LogP contribution is -2.55. The maximum Gasteiger partial charge on any atom is 0.255 e. The third-order valence-corrected chi connectivity index (χ3v) is 4.99. The van der Waals surface area contributed by atoms with E-state index in [1.807, 2.05) is 13.8 Å². The number of ether oxygens (including phenoxy) is 1. The van der Waals surface area contributed by atoms with Crippen molar-refractivity contribution in [2.45, 2.75) is 38.7 Å². The van der Waals surface area contributed by atoms with Gasteiger partial charge in [-0.2, -0.15) is 0 Å². The first-order valence-corrected chi connectivity index (χ1v) is 7.73. The highest BCUT2D eigenvalue weighted by Crippen LogP contribution is 2.46. The molecule has 24 heavy (non-hydrogen) atoms. The highest BCUT2D eigenvalue weighted by molar-refractivity contribution is 6.23. The van der Waals surface area contributed by atoms with Crippen molar-refractivity contribution in [3.63, 3.8) is 0 Å². The molecule has 0 radical (unpaired) electrons. The molecule has 0 bridgehead atoms. The maximum atomic E-state index is 12.4. The fraction of sp³-hybridized carbons (Fsp3) is 0.529. The number of nitrogens with two attached hydrogens (primary N) is 1. The summed E-state index contributed by atoms with van der Waals surface area (Å²) in [4.78, 5) is 23.8. The Balaban J connectivity index is 2.37. The number of ketones is 1. The number of hydrogen-bond donors (Lipinski definition) is 4. The molecule has 0 aromatic rings. The van der Waals surface area contributed by atoms with Crippen LogP contribution in [0.5, 0.6) is 0 Å². The Labute approximate surface area is 140 Å². The third-order valence-electron chi connectivity index (χ3n) is 4.99. The fourth-order valence-corrected chi connectivity index (χ4v) is 3.46. The molecule has 0 spiro atoms. The van der Waals surface area contributed by atoms with Crippen molar-refractivity contribution in [2.24, 2.45) is 17.6 Å². The zero-order chi connectivity index (χ0) is 18.2. The average Bonchev–Trinajstić information content (AvgIpc) is 2.49. The van der Waals surface area contributed by atoms with Gasteiger partial charge in [0.1, 0.15) is 17.1 Å². The molecule has 5 N–H and O–H groups in total. The molecule has 0 saturated carbocycles. The highest BCUT2D eigenvalue weighted by atomic mass is 16.5. The van der Waals surface area contributed by atoms with Gasteiger partial charge < -0.3 is 25.8 Å². The summed E-state index contributed by atoms with van der Waals surface area (Å²) in [5, 5.41) is 31.0. The van der Waals surface area contributed by atoms with Crippen molar-refractivity contribution < 1.29 is 29.6 Å². The maximum absolute atomic E-state index is 12.4. The first-order valence-electron chi connectivity index (χ1n) is 7.73. The van der Waals surface area contributed by atoms with Crippen LogP contribution in [0.1, 0.15) is 33.1 Å². The molecule has 0 saturated heterocycles. The predicted octanol–water partition coefficient (Wildman–Crippen LogP) is 1.40. The van der Waals surface area contributed by atoms with E-state index in [4.69, 9.17) is 10.5 Å². The van der Waals surface area contributed by atoms with Crippen LogP contribution < -0.4 is 5.73 Å². The highest BCUT2D eigenvalue weighted by Gasteiger charge is 2.56. The van der Waals surface area contributed by atoms with E-state index in [0.29, 0.717) is 12.8 Å². The van der Waals surface area contributed by atoms with E-state index >= 15 is 0 Å². The number of carbonyl (C=O) groups excluding carboxylic acids is 2. The number of Topliss-reactive ketones (excluding diaryl/α,β-unsaturated/α-hetero) is 1. The van der Waals surface area contributed by atoms with Gasteiger partial charge >= 0.3 is 0 Å². The quantitative estimate of drug-likeness (QED) is 0.453. The second kappa shape index (κ2) is 6.32. The largest absolute Gasteiger partial charge is 0.511 e. The van der Waals surface area contributed by atoms with Gasteiger partial charge in [0, 0.05) is 12.3 Å². The molecule has 0 heterocycles. The van der Waals surface area contributed by atoms with Gasteiger partial charge in [0.2, 0.25) is 5.78 Å². The van der Waals surface area contributed by atoms with Gasteiger partial charge in [-0.05, 0) is 44.3 Å². The Morgan fingerprint density at radius 2 is 2.04 bits per heavy atom.